The summed E-state index contributed by atoms with van der Waals surface area (Å²) >= 11 is 0. The Bertz CT molecular complexity index is 367. The van der Waals surface area contributed by atoms with Crippen LogP contribution in [-0.4, -0.2) is 23.6 Å². The number of aliphatic hydroxyl groups excluding tert-OH is 1. The maximum absolute atomic E-state index is 12.7. The number of aliphatic hydroxyl groups is 1. The Kier molecular flexibility index (Phi) is 5.06. The average molecular weight is 240 g/mol. The first kappa shape index (κ1) is 13.6. The molecular weight excluding hydrogens is 223 g/mol. The zero-order valence-corrected chi connectivity index (χ0v) is 9.69. The molecule has 4 nitrogen and oxygen atoms in total. The number of halogens is 1. The topological polar surface area (TPSA) is 75.3 Å². The van der Waals surface area contributed by atoms with Crippen LogP contribution >= 0.6 is 0 Å². The van der Waals surface area contributed by atoms with E-state index >= 15 is 0 Å². The van der Waals surface area contributed by atoms with Crippen LogP contribution in [-0.2, 0) is 4.79 Å². The van der Waals surface area contributed by atoms with E-state index in [-0.39, 0.29) is 24.3 Å². The van der Waals surface area contributed by atoms with Gasteiger partial charge in [0.15, 0.2) is 0 Å². The molecule has 1 rings (SSSR count). The number of nitrogens with one attached hydrogen (secondary N) is 1. The molecule has 0 saturated heterocycles. The fourth-order valence-electron chi connectivity index (χ4n) is 1.55. The highest BCUT2D eigenvalue weighted by Gasteiger charge is 2.13. The van der Waals surface area contributed by atoms with Gasteiger partial charge in [0, 0.05) is 6.04 Å². The van der Waals surface area contributed by atoms with E-state index in [9.17, 15) is 14.3 Å². The molecule has 1 amide bonds. The molecule has 4 N–H and O–H groups in total. The molecule has 2 unspecified atom stereocenters. The third kappa shape index (κ3) is 4.50. The van der Waals surface area contributed by atoms with Gasteiger partial charge >= 0.3 is 0 Å². The SMILES string of the molecule is CC(CC(O)c1ccc(F)cc1)NC(=O)CN. The van der Waals surface area contributed by atoms with Crippen molar-refractivity contribution in [3.63, 3.8) is 0 Å². The van der Waals surface area contributed by atoms with Crippen LogP contribution in [0, 0.1) is 5.82 Å². The van der Waals surface area contributed by atoms with Gasteiger partial charge in [0.05, 0.1) is 12.6 Å². The summed E-state index contributed by atoms with van der Waals surface area (Å²) in [6, 6.07) is 5.45. The summed E-state index contributed by atoms with van der Waals surface area (Å²) in [5.74, 6) is -0.603. The van der Waals surface area contributed by atoms with E-state index in [4.69, 9.17) is 5.73 Å². The van der Waals surface area contributed by atoms with E-state index in [1.807, 2.05) is 0 Å². The van der Waals surface area contributed by atoms with Crippen molar-refractivity contribution < 1.29 is 14.3 Å². The zero-order valence-electron chi connectivity index (χ0n) is 9.69. The second kappa shape index (κ2) is 6.32. The molecule has 1 aromatic rings. The molecule has 0 aliphatic carbocycles. The van der Waals surface area contributed by atoms with Gasteiger partial charge in [0.1, 0.15) is 5.82 Å². The molecule has 0 aromatic heterocycles. The summed E-state index contributed by atoms with van der Waals surface area (Å²) in [6.07, 6.45) is -0.374. The second-order valence-electron chi connectivity index (χ2n) is 3.98. The largest absolute Gasteiger partial charge is 0.388 e. The standard InChI is InChI=1S/C12H17FN2O2/c1-8(15-12(17)7-14)6-11(16)9-2-4-10(13)5-3-9/h2-5,8,11,16H,6-7,14H2,1H3,(H,15,17). The molecule has 0 bridgehead atoms. The van der Waals surface area contributed by atoms with Crippen LogP contribution in [0.1, 0.15) is 25.0 Å². The predicted molar refractivity (Wildman–Crippen MR) is 62.6 cm³/mol. The lowest BCUT2D eigenvalue weighted by Gasteiger charge is -2.17. The molecule has 0 radical (unpaired) electrons. The van der Waals surface area contributed by atoms with Crippen molar-refractivity contribution >= 4 is 5.91 Å². The Labute approximate surface area is 99.6 Å². The lowest BCUT2D eigenvalue weighted by molar-refractivity contribution is -0.120. The maximum Gasteiger partial charge on any atom is 0.233 e. The number of rotatable bonds is 5. The van der Waals surface area contributed by atoms with Gasteiger partial charge in [-0.3, -0.25) is 4.79 Å². The van der Waals surface area contributed by atoms with Crippen LogP contribution in [0.5, 0.6) is 0 Å². The van der Waals surface area contributed by atoms with E-state index in [2.05, 4.69) is 5.32 Å². The summed E-state index contributed by atoms with van der Waals surface area (Å²) in [5, 5.41) is 12.5. The highest BCUT2D eigenvalue weighted by Crippen LogP contribution is 2.18. The van der Waals surface area contributed by atoms with Crippen LogP contribution in [0.3, 0.4) is 0 Å². The highest BCUT2D eigenvalue weighted by atomic mass is 19.1. The molecule has 2 atom stereocenters. The number of amides is 1. The molecule has 17 heavy (non-hydrogen) atoms. The van der Waals surface area contributed by atoms with E-state index in [1.54, 1.807) is 6.92 Å². The Hall–Kier alpha value is -1.46. The average Bonchev–Trinajstić information content (AvgIpc) is 2.29. The van der Waals surface area contributed by atoms with Gasteiger partial charge in [-0.2, -0.15) is 0 Å². The smallest absolute Gasteiger partial charge is 0.233 e. The Morgan fingerprint density at radius 2 is 2.06 bits per heavy atom. The van der Waals surface area contributed by atoms with Crippen molar-refractivity contribution in [1.29, 1.82) is 0 Å². The Balaban J connectivity index is 2.51. The fraction of sp³-hybridized carbons (Fsp3) is 0.417. The van der Waals surface area contributed by atoms with Gasteiger partial charge in [0.25, 0.3) is 0 Å². The summed E-state index contributed by atoms with van der Waals surface area (Å²) in [6.45, 7) is 1.71. The van der Waals surface area contributed by atoms with E-state index in [1.165, 1.54) is 24.3 Å². The summed E-state index contributed by atoms with van der Waals surface area (Å²) in [4.78, 5) is 11.0. The van der Waals surface area contributed by atoms with Crippen molar-refractivity contribution in [3.8, 4) is 0 Å². The number of carbonyl (C=O) groups is 1. The third-order valence-electron chi connectivity index (χ3n) is 2.42. The molecule has 0 aliphatic heterocycles. The maximum atomic E-state index is 12.7. The summed E-state index contributed by atoms with van der Waals surface area (Å²) in [5.41, 5.74) is 5.79. The van der Waals surface area contributed by atoms with Crippen molar-refractivity contribution in [2.24, 2.45) is 5.73 Å². The normalized spacial score (nSPS) is 14.1. The number of nitrogens with two attached hydrogens (primary N) is 1. The number of hydrogen-bond donors (Lipinski definition) is 3. The number of benzene rings is 1. The molecule has 0 fully saturated rings. The van der Waals surface area contributed by atoms with Crippen molar-refractivity contribution in [2.75, 3.05) is 6.54 Å². The van der Waals surface area contributed by atoms with Crippen LogP contribution in [0.15, 0.2) is 24.3 Å². The van der Waals surface area contributed by atoms with Crippen molar-refractivity contribution in [3.05, 3.63) is 35.6 Å². The van der Waals surface area contributed by atoms with Crippen molar-refractivity contribution in [2.45, 2.75) is 25.5 Å². The zero-order chi connectivity index (χ0) is 12.8. The predicted octanol–water partition coefficient (Wildman–Crippen LogP) is 0.713. The van der Waals surface area contributed by atoms with Crippen LogP contribution in [0.2, 0.25) is 0 Å². The monoisotopic (exact) mass is 240 g/mol. The Morgan fingerprint density at radius 3 is 2.59 bits per heavy atom. The van der Waals surface area contributed by atoms with Crippen LogP contribution < -0.4 is 11.1 Å². The first-order valence-corrected chi connectivity index (χ1v) is 5.46. The van der Waals surface area contributed by atoms with E-state index in [0.717, 1.165) is 0 Å². The quantitative estimate of drug-likeness (QED) is 0.709. The highest BCUT2D eigenvalue weighted by molar-refractivity contribution is 5.77. The molecule has 0 heterocycles. The lowest BCUT2D eigenvalue weighted by Crippen LogP contribution is -2.37. The second-order valence-corrected chi connectivity index (χ2v) is 3.98. The molecule has 0 aliphatic rings. The van der Waals surface area contributed by atoms with E-state index < -0.39 is 6.10 Å². The minimum Gasteiger partial charge on any atom is -0.388 e. The van der Waals surface area contributed by atoms with Crippen molar-refractivity contribution in [1.82, 2.24) is 5.32 Å². The van der Waals surface area contributed by atoms with Crippen LogP contribution in [0.4, 0.5) is 4.39 Å². The van der Waals surface area contributed by atoms with Gasteiger partial charge in [-0.15, -0.1) is 0 Å². The first-order chi connectivity index (χ1) is 8.02. The minimum atomic E-state index is -0.733. The minimum absolute atomic E-state index is 0.0724. The molecular formula is C12H17FN2O2. The number of carbonyl (C=O) groups excluding carboxylic acids is 1. The third-order valence-corrected chi connectivity index (χ3v) is 2.42. The number of hydrogen-bond acceptors (Lipinski definition) is 3. The Morgan fingerprint density at radius 1 is 1.47 bits per heavy atom. The summed E-state index contributed by atoms with van der Waals surface area (Å²) < 4.78 is 12.7. The van der Waals surface area contributed by atoms with Gasteiger partial charge in [-0.25, -0.2) is 4.39 Å². The fourth-order valence-corrected chi connectivity index (χ4v) is 1.55. The van der Waals surface area contributed by atoms with Gasteiger partial charge < -0.3 is 16.2 Å². The van der Waals surface area contributed by atoms with Crippen LogP contribution in [0.25, 0.3) is 0 Å². The molecule has 5 heteroatoms. The molecule has 1 aromatic carbocycles. The van der Waals surface area contributed by atoms with Gasteiger partial charge in [-0.1, -0.05) is 12.1 Å². The lowest BCUT2D eigenvalue weighted by atomic mass is 10.0. The first-order valence-electron chi connectivity index (χ1n) is 5.46. The van der Waals surface area contributed by atoms with Gasteiger partial charge in [0.2, 0.25) is 5.91 Å². The van der Waals surface area contributed by atoms with Gasteiger partial charge in [-0.05, 0) is 31.0 Å². The molecule has 94 valence electrons. The van der Waals surface area contributed by atoms with E-state index in [0.29, 0.717) is 12.0 Å². The molecule has 0 spiro atoms. The summed E-state index contributed by atoms with van der Waals surface area (Å²) in [7, 11) is 0. The molecule has 0 saturated carbocycles.